The normalized spacial score (nSPS) is 16.5. The molecule has 3 N–H and O–H groups in total. The lowest BCUT2D eigenvalue weighted by molar-refractivity contribution is 0.485. The smallest absolute Gasteiger partial charge is 0.155 e. The fraction of sp³-hybridized carbons (Fsp3) is 0.583. The van der Waals surface area contributed by atoms with E-state index >= 15 is 0 Å². The van der Waals surface area contributed by atoms with Crippen LogP contribution in [0.2, 0.25) is 0 Å². The third kappa shape index (κ3) is 2.91. The molecule has 0 radical (unpaired) electrons. The topological polar surface area (TPSA) is 63.8 Å². The first-order valence-electron chi connectivity index (χ1n) is 6.01. The summed E-state index contributed by atoms with van der Waals surface area (Å²) in [5.74, 6) is 0.711. The van der Waals surface area contributed by atoms with Crippen molar-refractivity contribution in [2.45, 2.75) is 32.6 Å². The Morgan fingerprint density at radius 3 is 2.76 bits per heavy atom. The van der Waals surface area contributed by atoms with Gasteiger partial charge in [-0.05, 0) is 24.7 Å². The van der Waals surface area contributed by atoms with Crippen LogP contribution in [0.15, 0.2) is 12.4 Å². The number of rotatable bonds is 6. The van der Waals surface area contributed by atoms with E-state index in [2.05, 4.69) is 22.2 Å². The van der Waals surface area contributed by atoms with Crippen LogP contribution >= 0.6 is 12.2 Å². The van der Waals surface area contributed by atoms with Crippen molar-refractivity contribution in [1.82, 2.24) is 9.97 Å². The van der Waals surface area contributed by atoms with Gasteiger partial charge >= 0.3 is 0 Å². The van der Waals surface area contributed by atoms with Crippen molar-refractivity contribution in [3.63, 3.8) is 0 Å². The van der Waals surface area contributed by atoms with E-state index in [9.17, 15) is 0 Å². The van der Waals surface area contributed by atoms with Crippen LogP contribution in [-0.4, -0.2) is 21.5 Å². The van der Waals surface area contributed by atoms with Gasteiger partial charge in [0.25, 0.3) is 0 Å². The van der Waals surface area contributed by atoms with Crippen molar-refractivity contribution in [2.24, 2.45) is 11.1 Å². The molecule has 92 valence electrons. The predicted octanol–water partition coefficient (Wildman–Crippen LogP) is 2.10. The number of aromatic nitrogens is 2. The Labute approximate surface area is 107 Å². The molecule has 0 bridgehead atoms. The van der Waals surface area contributed by atoms with Crippen molar-refractivity contribution < 1.29 is 0 Å². The third-order valence-corrected chi connectivity index (χ3v) is 3.49. The van der Waals surface area contributed by atoms with Gasteiger partial charge in [0.1, 0.15) is 10.7 Å². The number of anilines is 1. The van der Waals surface area contributed by atoms with Crippen LogP contribution in [0.3, 0.4) is 0 Å². The summed E-state index contributed by atoms with van der Waals surface area (Å²) in [6.45, 7) is 3.16. The summed E-state index contributed by atoms with van der Waals surface area (Å²) in [5, 5.41) is 3.34. The Kier molecular flexibility index (Phi) is 3.57. The van der Waals surface area contributed by atoms with Crippen LogP contribution in [0, 0.1) is 5.41 Å². The lowest BCUT2D eigenvalue weighted by Crippen LogP contribution is -2.20. The number of nitrogens with zero attached hydrogens (tertiary/aromatic N) is 2. The maximum absolute atomic E-state index is 5.62. The number of nitrogens with two attached hydrogens (primary N) is 1. The van der Waals surface area contributed by atoms with Crippen molar-refractivity contribution >= 4 is 23.0 Å². The van der Waals surface area contributed by atoms with Gasteiger partial charge in [-0.25, -0.2) is 9.97 Å². The van der Waals surface area contributed by atoms with Crippen molar-refractivity contribution in [2.75, 3.05) is 11.9 Å². The highest BCUT2D eigenvalue weighted by atomic mass is 32.1. The Hall–Kier alpha value is -1.23. The summed E-state index contributed by atoms with van der Waals surface area (Å²) >= 11 is 4.96. The molecule has 1 aliphatic carbocycles. The van der Waals surface area contributed by atoms with Crippen molar-refractivity contribution in [3.8, 4) is 0 Å². The minimum atomic E-state index is 0.293. The first-order valence-corrected chi connectivity index (χ1v) is 6.42. The molecule has 1 fully saturated rings. The number of hydrogen-bond donors (Lipinski definition) is 2. The molecule has 0 amide bonds. The van der Waals surface area contributed by atoms with Gasteiger partial charge in [0.15, 0.2) is 5.82 Å². The molecule has 1 saturated carbocycles. The van der Waals surface area contributed by atoms with Crippen molar-refractivity contribution in [1.29, 1.82) is 0 Å². The van der Waals surface area contributed by atoms with Crippen LogP contribution in [0.5, 0.6) is 0 Å². The maximum atomic E-state index is 5.62. The fourth-order valence-corrected chi connectivity index (χ4v) is 2.29. The lowest BCUT2D eigenvalue weighted by Gasteiger charge is -2.16. The van der Waals surface area contributed by atoms with Crippen LogP contribution < -0.4 is 11.1 Å². The monoisotopic (exact) mass is 250 g/mol. The highest BCUT2D eigenvalue weighted by molar-refractivity contribution is 7.80. The third-order valence-electron chi connectivity index (χ3n) is 3.30. The second-order valence-electron chi connectivity index (χ2n) is 4.72. The molecule has 1 aromatic rings. The van der Waals surface area contributed by atoms with Crippen LogP contribution in [0.4, 0.5) is 5.82 Å². The number of thiocarbonyl (C=S) groups is 1. The minimum Gasteiger partial charge on any atom is -0.388 e. The standard InChI is InChI=1S/C12H18N4S/c1-2-3-12(4-5-12)8-16-11-9(10(13)17)14-6-7-15-11/h6-7H,2-5,8H2,1H3,(H2,13,17)(H,15,16). The molecule has 2 rings (SSSR count). The molecule has 5 heteroatoms. The van der Waals surface area contributed by atoms with E-state index < -0.39 is 0 Å². The summed E-state index contributed by atoms with van der Waals surface area (Å²) in [4.78, 5) is 8.70. The lowest BCUT2D eigenvalue weighted by atomic mass is 10.0. The van der Waals surface area contributed by atoms with E-state index in [0.717, 1.165) is 6.54 Å². The zero-order valence-corrected chi connectivity index (χ0v) is 10.9. The molecule has 0 spiro atoms. The molecule has 1 aromatic heterocycles. The first kappa shape index (κ1) is 12.2. The molecule has 1 heterocycles. The number of nitrogens with one attached hydrogen (secondary N) is 1. The summed E-state index contributed by atoms with van der Waals surface area (Å²) in [5.41, 5.74) is 6.68. The summed E-state index contributed by atoms with van der Waals surface area (Å²) in [6, 6.07) is 0. The summed E-state index contributed by atoms with van der Waals surface area (Å²) in [6.07, 6.45) is 8.36. The molecule has 0 atom stereocenters. The Morgan fingerprint density at radius 1 is 1.47 bits per heavy atom. The molecule has 0 aliphatic heterocycles. The SMILES string of the molecule is CCCC1(CNc2nccnc2C(N)=S)CC1. The first-order chi connectivity index (χ1) is 8.17. The predicted molar refractivity (Wildman–Crippen MR) is 73.0 cm³/mol. The Balaban J connectivity index is 2.02. The Morgan fingerprint density at radius 2 is 2.18 bits per heavy atom. The Bertz CT molecular complexity index is 415. The minimum absolute atomic E-state index is 0.293. The molecular weight excluding hydrogens is 232 g/mol. The average Bonchev–Trinajstić information content (AvgIpc) is 3.08. The van der Waals surface area contributed by atoms with Gasteiger partial charge in [-0.15, -0.1) is 0 Å². The number of hydrogen-bond acceptors (Lipinski definition) is 4. The molecular formula is C12H18N4S. The van der Waals surface area contributed by atoms with E-state index in [4.69, 9.17) is 18.0 Å². The van der Waals surface area contributed by atoms with Crippen LogP contribution in [0.25, 0.3) is 0 Å². The second-order valence-corrected chi connectivity index (χ2v) is 5.16. The summed E-state index contributed by atoms with van der Waals surface area (Å²) < 4.78 is 0. The highest BCUT2D eigenvalue weighted by Crippen LogP contribution is 2.49. The molecule has 17 heavy (non-hydrogen) atoms. The van der Waals surface area contributed by atoms with Gasteiger partial charge in [0.05, 0.1) is 0 Å². The fourth-order valence-electron chi connectivity index (χ4n) is 2.14. The summed E-state index contributed by atoms with van der Waals surface area (Å²) in [7, 11) is 0. The van der Waals surface area contributed by atoms with Gasteiger partial charge in [0.2, 0.25) is 0 Å². The molecule has 0 unspecified atom stereocenters. The van der Waals surface area contributed by atoms with Gasteiger partial charge in [-0.1, -0.05) is 25.6 Å². The van der Waals surface area contributed by atoms with Crippen LogP contribution in [-0.2, 0) is 0 Å². The molecule has 0 saturated heterocycles. The highest BCUT2D eigenvalue weighted by Gasteiger charge is 2.41. The maximum Gasteiger partial charge on any atom is 0.155 e. The van der Waals surface area contributed by atoms with Gasteiger partial charge in [-0.3, -0.25) is 0 Å². The quantitative estimate of drug-likeness (QED) is 0.757. The average molecular weight is 250 g/mol. The molecule has 0 aromatic carbocycles. The van der Waals surface area contributed by atoms with E-state index in [0.29, 0.717) is 21.9 Å². The van der Waals surface area contributed by atoms with Crippen molar-refractivity contribution in [3.05, 3.63) is 18.1 Å². The largest absolute Gasteiger partial charge is 0.388 e. The van der Waals surface area contributed by atoms with E-state index in [-0.39, 0.29) is 0 Å². The van der Waals surface area contributed by atoms with E-state index in [1.165, 1.54) is 25.7 Å². The second kappa shape index (κ2) is 4.96. The van der Waals surface area contributed by atoms with Crippen LogP contribution in [0.1, 0.15) is 38.3 Å². The zero-order valence-electron chi connectivity index (χ0n) is 10.1. The van der Waals surface area contributed by atoms with Gasteiger partial charge in [-0.2, -0.15) is 0 Å². The molecule has 1 aliphatic rings. The molecule has 4 nitrogen and oxygen atoms in total. The van der Waals surface area contributed by atoms with Gasteiger partial charge < -0.3 is 11.1 Å². The van der Waals surface area contributed by atoms with Gasteiger partial charge in [0, 0.05) is 18.9 Å². The van der Waals surface area contributed by atoms with E-state index in [1.54, 1.807) is 12.4 Å². The van der Waals surface area contributed by atoms with E-state index in [1.807, 2.05) is 0 Å². The zero-order chi connectivity index (χ0) is 12.3.